The van der Waals surface area contributed by atoms with Crippen molar-refractivity contribution in [3.63, 3.8) is 0 Å². The third-order valence-electron chi connectivity index (χ3n) is 6.29. The number of rotatable bonds is 5. The van der Waals surface area contributed by atoms with Gasteiger partial charge < -0.3 is 9.64 Å². The van der Waals surface area contributed by atoms with Crippen molar-refractivity contribution in [2.75, 3.05) is 20.1 Å². The molecule has 1 saturated heterocycles. The van der Waals surface area contributed by atoms with Crippen LogP contribution in [-0.2, 0) is 14.8 Å². The number of piperidine rings is 1. The van der Waals surface area contributed by atoms with Crippen LogP contribution >= 0.6 is 0 Å². The van der Waals surface area contributed by atoms with Gasteiger partial charge >= 0.3 is 5.97 Å². The fourth-order valence-corrected chi connectivity index (χ4v) is 5.94. The van der Waals surface area contributed by atoms with Crippen molar-refractivity contribution in [3.8, 4) is 11.1 Å². The van der Waals surface area contributed by atoms with E-state index in [1.54, 1.807) is 30.3 Å². The van der Waals surface area contributed by atoms with Crippen LogP contribution in [0.1, 0.15) is 23.3 Å². The third kappa shape index (κ3) is 4.24. The fourth-order valence-electron chi connectivity index (χ4n) is 4.41. The Morgan fingerprint density at radius 3 is 2.18 bits per heavy atom. The van der Waals surface area contributed by atoms with E-state index in [4.69, 9.17) is 4.74 Å². The fraction of sp³-hybridized carbons (Fsp3) is 0.222. The molecule has 0 saturated carbocycles. The molecule has 0 radical (unpaired) electrons. The molecule has 0 N–H and O–H groups in total. The molecule has 4 aromatic rings. The first-order valence-electron chi connectivity index (χ1n) is 11.3. The van der Waals surface area contributed by atoms with Gasteiger partial charge in [0.05, 0.1) is 10.4 Å². The monoisotopic (exact) mass is 474 g/mol. The van der Waals surface area contributed by atoms with Gasteiger partial charge in [0.2, 0.25) is 0 Å². The summed E-state index contributed by atoms with van der Waals surface area (Å²) in [6.45, 7) is 1.67. The van der Waals surface area contributed by atoms with Crippen LogP contribution in [-0.4, -0.2) is 49.5 Å². The van der Waals surface area contributed by atoms with Crippen LogP contribution in [0.25, 0.3) is 22.0 Å². The van der Waals surface area contributed by atoms with Crippen LogP contribution in [0.3, 0.4) is 0 Å². The molecule has 174 valence electrons. The maximum absolute atomic E-state index is 13.7. The summed E-state index contributed by atoms with van der Waals surface area (Å²) in [6, 6.07) is 25.2. The Morgan fingerprint density at radius 1 is 0.853 bits per heavy atom. The lowest BCUT2D eigenvalue weighted by Crippen LogP contribution is -2.35. The number of hydrogen-bond acceptors (Lipinski definition) is 5. The highest BCUT2D eigenvalue weighted by atomic mass is 32.2. The lowest BCUT2D eigenvalue weighted by atomic mass is 10.0. The number of esters is 1. The van der Waals surface area contributed by atoms with Gasteiger partial charge in [-0.3, -0.25) is 0 Å². The first-order chi connectivity index (χ1) is 16.4. The van der Waals surface area contributed by atoms with Crippen LogP contribution in [0.15, 0.2) is 89.8 Å². The molecule has 0 bridgehead atoms. The minimum absolute atomic E-state index is 0.0167. The van der Waals surface area contributed by atoms with Crippen LogP contribution < -0.4 is 0 Å². The molecule has 1 aliphatic heterocycles. The SMILES string of the molecule is CN1CCC(OC(=O)c2cc3cc(-c4ccccc4)ccc3n2S(=O)(=O)c2ccccc2)CC1. The number of aromatic nitrogens is 1. The maximum atomic E-state index is 13.7. The van der Waals surface area contributed by atoms with Gasteiger partial charge in [-0.05, 0) is 61.3 Å². The molecular formula is C27H26N2O4S. The van der Waals surface area contributed by atoms with Crippen molar-refractivity contribution in [2.24, 2.45) is 0 Å². The number of likely N-dealkylation sites (tertiary alicyclic amines) is 1. The van der Waals surface area contributed by atoms with Gasteiger partial charge in [-0.1, -0.05) is 54.6 Å². The molecule has 7 heteroatoms. The number of carbonyl (C=O) groups is 1. The number of nitrogens with zero attached hydrogens (tertiary/aromatic N) is 2. The van der Waals surface area contributed by atoms with Crippen molar-refractivity contribution in [3.05, 3.63) is 90.6 Å². The van der Waals surface area contributed by atoms with E-state index in [0.717, 1.165) is 41.0 Å². The zero-order valence-corrected chi connectivity index (χ0v) is 19.7. The van der Waals surface area contributed by atoms with E-state index in [-0.39, 0.29) is 16.7 Å². The second-order valence-electron chi connectivity index (χ2n) is 8.66. The highest BCUT2D eigenvalue weighted by Gasteiger charge is 2.29. The van der Waals surface area contributed by atoms with Crippen LogP contribution in [0, 0.1) is 0 Å². The summed E-state index contributed by atoms with van der Waals surface area (Å²) in [6.07, 6.45) is 1.23. The molecule has 34 heavy (non-hydrogen) atoms. The number of carbonyl (C=O) groups excluding carboxylic acids is 1. The van der Waals surface area contributed by atoms with Gasteiger partial charge in [0.1, 0.15) is 11.8 Å². The number of benzene rings is 3. The first kappa shape index (κ1) is 22.4. The second-order valence-corrected chi connectivity index (χ2v) is 10.4. The lowest BCUT2D eigenvalue weighted by Gasteiger charge is -2.28. The second kappa shape index (κ2) is 9.08. The molecule has 6 nitrogen and oxygen atoms in total. The minimum Gasteiger partial charge on any atom is -0.458 e. The van der Waals surface area contributed by atoms with Crippen molar-refractivity contribution in [1.82, 2.24) is 8.87 Å². The largest absolute Gasteiger partial charge is 0.458 e. The van der Waals surface area contributed by atoms with E-state index in [0.29, 0.717) is 10.9 Å². The van der Waals surface area contributed by atoms with Crippen molar-refractivity contribution in [2.45, 2.75) is 23.8 Å². The van der Waals surface area contributed by atoms with Gasteiger partial charge in [-0.15, -0.1) is 0 Å². The summed E-state index contributed by atoms with van der Waals surface area (Å²) in [5.41, 5.74) is 2.41. The zero-order chi connectivity index (χ0) is 23.7. The Balaban J connectivity index is 1.62. The van der Waals surface area contributed by atoms with Crippen LogP contribution in [0.5, 0.6) is 0 Å². The molecule has 0 atom stereocenters. The molecular weight excluding hydrogens is 448 g/mol. The van der Waals surface area contributed by atoms with Gasteiger partial charge in [0.15, 0.2) is 0 Å². The molecule has 0 unspecified atom stereocenters. The molecule has 0 amide bonds. The summed E-state index contributed by atoms with van der Waals surface area (Å²) in [4.78, 5) is 15.6. The standard InChI is InChI=1S/C27H26N2O4S/c1-28-16-14-23(15-17-28)33-27(30)26-19-22-18-21(20-8-4-2-5-9-20)12-13-25(22)29(26)34(31,32)24-10-6-3-7-11-24/h2-13,18-19,23H,14-17H2,1H3. The molecule has 3 aromatic carbocycles. The van der Waals surface area contributed by atoms with Gasteiger partial charge in [-0.2, -0.15) is 0 Å². The molecule has 0 aliphatic carbocycles. The van der Waals surface area contributed by atoms with E-state index in [1.807, 2.05) is 49.5 Å². The van der Waals surface area contributed by atoms with E-state index in [2.05, 4.69) is 4.90 Å². The summed E-state index contributed by atoms with van der Waals surface area (Å²) in [5, 5.41) is 0.663. The first-order valence-corrected chi connectivity index (χ1v) is 12.8. The van der Waals surface area contributed by atoms with E-state index >= 15 is 0 Å². The van der Waals surface area contributed by atoms with Gasteiger partial charge in [0, 0.05) is 18.5 Å². The maximum Gasteiger partial charge on any atom is 0.356 e. The quantitative estimate of drug-likeness (QED) is 0.389. The van der Waals surface area contributed by atoms with Crippen molar-refractivity contribution < 1.29 is 17.9 Å². The molecule has 1 fully saturated rings. The van der Waals surface area contributed by atoms with E-state index in [9.17, 15) is 13.2 Å². The molecule has 5 rings (SSSR count). The predicted octanol–water partition coefficient (Wildman–Crippen LogP) is 4.80. The summed E-state index contributed by atoms with van der Waals surface area (Å²) >= 11 is 0. The Morgan fingerprint density at radius 2 is 1.50 bits per heavy atom. The highest BCUT2D eigenvalue weighted by Crippen LogP contribution is 2.31. The van der Waals surface area contributed by atoms with E-state index in [1.165, 1.54) is 12.1 Å². The number of hydrogen-bond donors (Lipinski definition) is 0. The average molecular weight is 475 g/mol. The van der Waals surface area contributed by atoms with Crippen LogP contribution in [0.4, 0.5) is 0 Å². The van der Waals surface area contributed by atoms with Gasteiger partial charge in [0.25, 0.3) is 10.0 Å². The van der Waals surface area contributed by atoms with Crippen molar-refractivity contribution in [1.29, 1.82) is 0 Å². The van der Waals surface area contributed by atoms with E-state index < -0.39 is 16.0 Å². The molecule has 2 heterocycles. The number of fused-ring (bicyclic) bond motifs is 1. The Kier molecular flexibility index (Phi) is 5.98. The average Bonchev–Trinajstić information content (AvgIpc) is 3.26. The Hall–Kier alpha value is -3.42. The molecule has 1 aromatic heterocycles. The minimum atomic E-state index is -4.02. The normalized spacial score (nSPS) is 15.4. The van der Waals surface area contributed by atoms with Crippen molar-refractivity contribution >= 4 is 26.9 Å². The summed E-state index contributed by atoms with van der Waals surface area (Å²) < 4.78 is 34.3. The number of ether oxygens (including phenoxy) is 1. The Bertz CT molecular complexity index is 1420. The predicted molar refractivity (Wildman–Crippen MR) is 132 cm³/mol. The topological polar surface area (TPSA) is 68.6 Å². The summed E-state index contributed by atoms with van der Waals surface area (Å²) in [5.74, 6) is -0.619. The highest BCUT2D eigenvalue weighted by molar-refractivity contribution is 7.90. The third-order valence-corrected chi connectivity index (χ3v) is 8.04. The van der Waals surface area contributed by atoms with Crippen LogP contribution in [0.2, 0.25) is 0 Å². The van der Waals surface area contributed by atoms with Gasteiger partial charge in [-0.25, -0.2) is 17.2 Å². The Labute approximate surface area is 199 Å². The molecule has 1 aliphatic rings. The zero-order valence-electron chi connectivity index (χ0n) is 18.9. The lowest BCUT2D eigenvalue weighted by molar-refractivity contribution is 0.0132. The summed E-state index contributed by atoms with van der Waals surface area (Å²) in [7, 11) is -1.98. The smallest absolute Gasteiger partial charge is 0.356 e. The molecule has 0 spiro atoms.